The van der Waals surface area contributed by atoms with Crippen molar-refractivity contribution in [2.45, 2.75) is 20.4 Å². The van der Waals surface area contributed by atoms with Crippen LogP contribution in [-0.4, -0.2) is 44.5 Å². The van der Waals surface area contributed by atoms with Crippen molar-refractivity contribution in [2.24, 2.45) is 0 Å². The normalized spacial score (nSPS) is 12.1. The van der Waals surface area contributed by atoms with Gasteiger partial charge in [-0.3, -0.25) is 0 Å². The van der Waals surface area contributed by atoms with Crippen molar-refractivity contribution in [3.05, 3.63) is 53.9 Å². The summed E-state index contributed by atoms with van der Waals surface area (Å²) < 4.78 is 12.3. The molecule has 9 nitrogen and oxygen atoms in total. The molecule has 1 aliphatic heterocycles. The van der Waals surface area contributed by atoms with Crippen LogP contribution in [0.4, 0.5) is 10.5 Å². The first-order chi connectivity index (χ1) is 13.6. The van der Waals surface area contributed by atoms with Gasteiger partial charge in [0.15, 0.2) is 11.5 Å². The second-order valence-electron chi connectivity index (χ2n) is 6.39. The highest BCUT2D eigenvalue weighted by Crippen LogP contribution is 2.32. The number of tetrazole rings is 1. The van der Waals surface area contributed by atoms with Crippen LogP contribution in [0.5, 0.6) is 11.5 Å². The summed E-state index contributed by atoms with van der Waals surface area (Å²) in [6.07, 6.45) is 1.52. The molecule has 1 aliphatic rings. The maximum Gasteiger partial charge on any atom is 0.322 e. The zero-order valence-corrected chi connectivity index (χ0v) is 15.6. The van der Waals surface area contributed by atoms with Gasteiger partial charge in [0, 0.05) is 18.8 Å². The van der Waals surface area contributed by atoms with E-state index in [1.54, 1.807) is 9.58 Å². The van der Waals surface area contributed by atoms with Gasteiger partial charge in [-0.2, -0.15) is 0 Å². The molecule has 1 aromatic heterocycles. The minimum absolute atomic E-state index is 0.188. The maximum atomic E-state index is 12.8. The number of aryl methyl sites for hydroxylation is 1. The largest absolute Gasteiger partial charge is 0.454 e. The Morgan fingerprint density at radius 2 is 2.07 bits per heavy atom. The summed E-state index contributed by atoms with van der Waals surface area (Å²) in [7, 11) is 0. The first-order valence-electron chi connectivity index (χ1n) is 8.92. The number of urea groups is 1. The molecule has 0 radical (unpaired) electrons. The van der Waals surface area contributed by atoms with Gasteiger partial charge >= 0.3 is 6.03 Å². The van der Waals surface area contributed by atoms with Gasteiger partial charge in [-0.15, -0.1) is 5.10 Å². The standard InChI is InChI=1S/C19H20N6O3/c1-3-24(10-14-5-7-17-18(8-14)28-12-27-17)19(26)21-15-6-4-13(2)16(9-15)25-11-20-22-23-25/h4-9,11H,3,10,12H2,1-2H3,(H,21,26). The molecule has 1 N–H and O–H groups in total. The van der Waals surface area contributed by atoms with Gasteiger partial charge < -0.3 is 19.7 Å². The molecule has 9 heteroatoms. The van der Waals surface area contributed by atoms with Gasteiger partial charge in [-0.1, -0.05) is 12.1 Å². The van der Waals surface area contributed by atoms with Crippen LogP contribution in [0.25, 0.3) is 5.69 Å². The van der Waals surface area contributed by atoms with Gasteiger partial charge in [0.25, 0.3) is 0 Å². The summed E-state index contributed by atoms with van der Waals surface area (Å²) in [5.74, 6) is 1.43. The van der Waals surface area contributed by atoms with Gasteiger partial charge in [0.2, 0.25) is 6.79 Å². The third kappa shape index (κ3) is 3.59. The Hall–Kier alpha value is -3.62. The average Bonchev–Trinajstić information content (AvgIpc) is 3.38. The zero-order chi connectivity index (χ0) is 19.5. The highest BCUT2D eigenvalue weighted by molar-refractivity contribution is 5.89. The predicted molar refractivity (Wildman–Crippen MR) is 102 cm³/mol. The fourth-order valence-electron chi connectivity index (χ4n) is 3.00. The highest BCUT2D eigenvalue weighted by atomic mass is 16.7. The molecular weight excluding hydrogens is 360 g/mol. The molecular formula is C19H20N6O3. The minimum Gasteiger partial charge on any atom is -0.454 e. The van der Waals surface area contributed by atoms with E-state index in [9.17, 15) is 4.79 Å². The number of nitrogens with one attached hydrogen (secondary N) is 1. The molecule has 3 aromatic rings. The van der Waals surface area contributed by atoms with Crippen LogP contribution in [0.2, 0.25) is 0 Å². The number of hydrogen-bond donors (Lipinski definition) is 1. The molecule has 0 bridgehead atoms. The molecule has 28 heavy (non-hydrogen) atoms. The fourth-order valence-corrected chi connectivity index (χ4v) is 3.00. The molecule has 0 atom stereocenters. The van der Waals surface area contributed by atoms with Crippen molar-refractivity contribution in [3.8, 4) is 17.2 Å². The third-order valence-electron chi connectivity index (χ3n) is 4.54. The highest BCUT2D eigenvalue weighted by Gasteiger charge is 2.17. The molecule has 2 heterocycles. The van der Waals surface area contributed by atoms with Crippen molar-refractivity contribution in [2.75, 3.05) is 18.7 Å². The van der Waals surface area contributed by atoms with Crippen molar-refractivity contribution in [3.63, 3.8) is 0 Å². The Bertz CT molecular complexity index is 989. The minimum atomic E-state index is -0.188. The smallest absolute Gasteiger partial charge is 0.322 e. The number of amides is 2. The summed E-state index contributed by atoms with van der Waals surface area (Å²) in [5, 5.41) is 14.2. The first-order valence-corrected chi connectivity index (χ1v) is 8.92. The molecule has 2 aromatic carbocycles. The van der Waals surface area contributed by atoms with Crippen LogP contribution in [0.15, 0.2) is 42.7 Å². The number of nitrogens with zero attached hydrogens (tertiary/aromatic N) is 5. The predicted octanol–water partition coefficient (Wildman–Crippen LogP) is 2.75. The Labute approximate surface area is 161 Å². The van der Waals surface area contributed by atoms with E-state index in [-0.39, 0.29) is 12.8 Å². The molecule has 0 aliphatic carbocycles. The summed E-state index contributed by atoms with van der Waals surface area (Å²) >= 11 is 0. The summed E-state index contributed by atoms with van der Waals surface area (Å²) in [5.41, 5.74) is 3.45. The molecule has 0 spiro atoms. The van der Waals surface area contributed by atoms with E-state index in [4.69, 9.17) is 9.47 Å². The van der Waals surface area contributed by atoms with Gasteiger partial charge in [-0.05, 0) is 59.7 Å². The molecule has 0 unspecified atom stereocenters. The van der Waals surface area contributed by atoms with E-state index in [1.165, 1.54) is 6.33 Å². The van der Waals surface area contributed by atoms with E-state index in [0.29, 0.717) is 24.5 Å². The lowest BCUT2D eigenvalue weighted by Gasteiger charge is -2.22. The van der Waals surface area contributed by atoms with Crippen LogP contribution < -0.4 is 14.8 Å². The van der Waals surface area contributed by atoms with Crippen LogP contribution >= 0.6 is 0 Å². The van der Waals surface area contributed by atoms with Crippen molar-refractivity contribution in [1.29, 1.82) is 0 Å². The average molecular weight is 380 g/mol. The Morgan fingerprint density at radius 1 is 1.21 bits per heavy atom. The number of benzene rings is 2. The Kier molecular flexibility index (Phi) is 4.79. The number of anilines is 1. The molecule has 0 saturated heterocycles. The molecule has 0 fully saturated rings. The first kappa shape index (κ1) is 17.8. The second-order valence-corrected chi connectivity index (χ2v) is 6.39. The van der Waals surface area contributed by atoms with E-state index < -0.39 is 0 Å². The molecule has 4 rings (SSSR count). The Balaban J connectivity index is 1.48. The topological polar surface area (TPSA) is 94.4 Å². The number of ether oxygens (including phenoxy) is 2. The summed E-state index contributed by atoms with van der Waals surface area (Å²) in [4.78, 5) is 14.5. The van der Waals surface area contributed by atoms with Crippen molar-refractivity contribution >= 4 is 11.7 Å². The molecule has 144 valence electrons. The van der Waals surface area contributed by atoms with E-state index in [2.05, 4.69) is 20.8 Å². The van der Waals surface area contributed by atoms with Gasteiger partial charge in [0.05, 0.1) is 5.69 Å². The fraction of sp³-hybridized carbons (Fsp3) is 0.263. The third-order valence-corrected chi connectivity index (χ3v) is 4.54. The number of carbonyl (C=O) groups excluding carboxylic acids is 1. The summed E-state index contributed by atoms with van der Waals surface area (Å²) in [6, 6.07) is 11.1. The number of hydrogen-bond acceptors (Lipinski definition) is 6. The lowest BCUT2D eigenvalue weighted by Crippen LogP contribution is -2.34. The number of aromatic nitrogens is 4. The van der Waals surface area contributed by atoms with Crippen LogP contribution in [-0.2, 0) is 6.54 Å². The SMILES string of the molecule is CCN(Cc1ccc2c(c1)OCO2)C(=O)Nc1ccc(C)c(-n2cnnn2)c1. The van der Waals surface area contributed by atoms with Crippen LogP contribution in [0.1, 0.15) is 18.1 Å². The number of fused-ring (bicyclic) bond motifs is 1. The van der Waals surface area contributed by atoms with E-state index >= 15 is 0 Å². The van der Waals surface area contributed by atoms with E-state index in [1.807, 2.05) is 50.2 Å². The quantitative estimate of drug-likeness (QED) is 0.731. The second kappa shape index (κ2) is 7.55. The lowest BCUT2D eigenvalue weighted by molar-refractivity contribution is 0.174. The van der Waals surface area contributed by atoms with Gasteiger partial charge in [-0.25, -0.2) is 9.48 Å². The van der Waals surface area contributed by atoms with E-state index in [0.717, 1.165) is 22.6 Å². The Morgan fingerprint density at radius 3 is 2.86 bits per heavy atom. The van der Waals surface area contributed by atoms with Crippen LogP contribution in [0.3, 0.4) is 0 Å². The molecule has 2 amide bonds. The van der Waals surface area contributed by atoms with Gasteiger partial charge in [0.1, 0.15) is 6.33 Å². The number of carbonyl (C=O) groups is 1. The maximum absolute atomic E-state index is 12.8. The van der Waals surface area contributed by atoms with Crippen molar-refractivity contribution in [1.82, 2.24) is 25.1 Å². The number of rotatable bonds is 5. The van der Waals surface area contributed by atoms with Crippen molar-refractivity contribution < 1.29 is 14.3 Å². The molecule has 0 saturated carbocycles. The monoisotopic (exact) mass is 380 g/mol. The zero-order valence-electron chi connectivity index (χ0n) is 15.6. The van der Waals surface area contributed by atoms with Crippen LogP contribution in [0, 0.1) is 6.92 Å². The lowest BCUT2D eigenvalue weighted by atomic mass is 10.2. The summed E-state index contributed by atoms with van der Waals surface area (Å²) in [6.45, 7) is 5.15.